The minimum Gasteiger partial charge on any atom is -0.451 e. The molecule has 0 unspecified atom stereocenters. The van der Waals surface area contributed by atoms with Gasteiger partial charge in [-0.2, -0.15) is 0 Å². The molecule has 3 rings (SSSR count). The Balaban J connectivity index is 1.97. The van der Waals surface area contributed by atoms with E-state index in [0.29, 0.717) is 37.4 Å². The van der Waals surface area contributed by atoms with Crippen LogP contribution >= 0.6 is 0 Å². The number of rotatable bonds is 1. The van der Waals surface area contributed by atoms with Crippen molar-refractivity contribution in [2.75, 3.05) is 13.2 Å². The number of carbonyl (C=O) groups is 1. The largest absolute Gasteiger partial charge is 0.451 e. The van der Waals surface area contributed by atoms with Crippen LogP contribution in [0.4, 0.5) is 0 Å². The number of carbonyl (C=O) groups excluding carboxylic acids is 1. The molecule has 0 radical (unpaired) electrons. The van der Waals surface area contributed by atoms with Gasteiger partial charge in [0.05, 0.1) is 13.2 Å². The number of hydrogen-bond acceptors (Lipinski definition) is 4. The van der Waals surface area contributed by atoms with Gasteiger partial charge < -0.3 is 14.2 Å². The van der Waals surface area contributed by atoms with E-state index >= 15 is 0 Å². The highest BCUT2D eigenvalue weighted by Gasteiger charge is 2.43. The highest BCUT2D eigenvalue weighted by molar-refractivity contribution is 5.94. The van der Waals surface area contributed by atoms with Crippen molar-refractivity contribution in [3.05, 3.63) is 35.9 Å². The van der Waals surface area contributed by atoms with E-state index < -0.39 is 5.79 Å². The van der Waals surface area contributed by atoms with Gasteiger partial charge in [-0.05, 0) is 17.7 Å². The second-order valence-electron chi connectivity index (χ2n) is 4.47. The van der Waals surface area contributed by atoms with Crippen LogP contribution in [0.15, 0.2) is 24.8 Å². The lowest BCUT2D eigenvalue weighted by molar-refractivity contribution is -0.197. The van der Waals surface area contributed by atoms with Crippen molar-refractivity contribution in [3.8, 4) is 5.75 Å². The van der Waals surface area contributed by atoms with E-state index in [0.717, 1.165) is 5.56 Å². The summed E-state index contributed by atoms with van der Waals surface area (Å²) < 4.78 is 16.6. The summed E-state index contributed by atoms with van der Waals surface area (Å²) in [4.78, 5) is 12.0. The average molecular weight is 246 g/mol. The zero-order chi connectivity index (χ0) is 12.6. The number of fused-ring (bicyclic) bond motifs is 1. The maximum atomic E-state index is 12.0. The number of ether oxygens (including phenoxy) is 3. The molecule has 0 aliphatic carbocycles. The third-order valence-electron chi connectivity index (χ3n) is 3.29. The van der Waals surface area contributed by atoms with Crippen LogP contribution in [0.3, 0.4) is 0 Å². The molecule has 0 atom stereocenters. The lowest BCUT2D eigenvalue weighted by Gasteiger charge is -2.39. The molecule has 0 N–H and O–H groups in total. The van der Waals surface area contributed by atoms with Gasteiger partial charge >= 0.3 is 5.97 Å². The number of benzene rings is 1. The maximum absolute atomic E-state index is 12.0. The van der Waals surface area contributed by atoms with E-state index in [-0.39, 0.29) is 5.97 Å². The molecular weight excluding hydrogens is 232 g/mol. The van der Waals surface area contributed by atoms with Gasteiger partial charge in [0.15, 0.2) is 0 Å². The molecule has 0 aromatic heterocycles. The molecule has 4 nitrogen and oxygen atoms in total. The molecule has 0 bridgehead atoms. The van der Waals surface area contributed by atoms with Crippen LogP contribution < -0.4 is 4.74 Å². The van der Waals surface area contributed by atoms with Crippen molar-refractivity contribution in [1.82, 2.24) is 0 Å². The van der Waals surface area contributed by atoms with E-state index in [2.05, 4.69) is 6.58 Å². The minimum atomic E-state index is -0.835. The van der Waals surface area contributed by atoms with Crippen molar-refractivity contribution < 1.29 is 19.0 Å². The van der Waals surface area contributed by atoms with Crippen LogP contribution in [0, 0.1) is 0 Å². The molecule has 2 aliphatic heterocycles. The third kappa shape index (κ3) is 1.78. The second-order valence-corrected chi connectivity index (χ2v) is 4.47. The fourth-order valence-electron chi connectivity index (χ4n) is 2.25. The van der Waals surface area contributed by atoms with E-state index in [1.807, 2.05) is 6.07 Å². The molecule has 1 fully saturated rings. The van der Waals surface area contributed by atoms with E-state index in [1.54, 1.807) is 18.2 Å². The number of esters is 1. The Bertz CT molecular complexity index is 501. The fraction of sp³-hybridized carbons (Fsp3) is 0.357. The van der Waals surface area contributed by atoms with Crippen LogP contribution in [-0.2, 0) is 9.47 Å². The first-order chi connectivity index (χ1) is 8.72. The Morgan fingerprint density at radius 3 is 2.72 bits per heavy atom. The molecule has 2 heterocycles. The molecule has 0 amide bonds. The van der Waals surface area contributed by atoms with E-state index in [4.69, 9.17) is 14.2 Å². The molecule has 1 saturated heterocycles. The molecule has 1 spiro atoms. The van der Waals surface area contributed by atoms with Gasteiger partial charge in [-0.3, -0.25) is 0 Å². The minimum absolute atomic E-state index is 0.332. The highest BCUT2D eigenvalue weighted by atomic mass is 16.7. The van der Waals surface area contributed by atoms with Crippen molar-refractivity contribution in [3.63, 3.8) is 0 Å². The first-order valence-corrected chi connectivity index (χ1v) is 5.99. The quantitative estimate of drug-likeness (QED) is 0.714. The summed E-state index contributed by atoms with van der Waals surface area (Å²) in [5, 5.41) is 0. The predicted molar refractivity (Wildman–Crippen MR) is 65.4 cm³/mol. The lowest BCUT2D eigenvalue weighted by atomic mass is 10.0. The Morgan fingerprint density at radius 2 is 2.00 bits per heavy atom. The first-order valence-electron chi connectivity index (χ1n) is 5.99. The zero-order valence-corrected chi connectivity index (χ0v) is 9.98. The van der Waals surface area contributed by atoms with Gasteiger partial charge in [0.2, 0.25) is 0 Å². The molecule has 1 aromatic carbocycles. The molecule has 2 aliphatic rings. The second kappa shape index (κ2) is 4.14. The van der Waals surface area contributed by atoms with Crippen molar-refractivity contribution >= 4 is 12.0 Å². The molecule has 0 saturated carbocycles. The van der Waals surface area contributed by atoms with Crippen LogP contribution in [0.2, 0.25) is 0 Å². The van der Waals surface area contributed by atoms with Gasteiger partial charge in [-0.25, -0.2) is 4.79 Å². The fourth-order valence-corrected chi connectivity index (χ4v) is 2.25. The topological polar surface area (TPSA) is 44.8 Å². The Kier molecular flexibility index (Phi) is 2.59. The van der Waals surface area contributed by atoms with Crippen LogP contribution in [-0.4, -0.2) is 25.0 Å². The summed E-state index contributed by atoms with van der Waals surface area (Å²) in [5.74, 6) is -0.585. The predicted octanol–water partition coefficient (Wildman–Crippen LogP) is 2.39. The molecule has 1 aromatic rings. The standard InChI is InChI=1S/C14H14O4/c1-2-10-3-4-12-11(9-10)13(15)18-14(17-12)5-7-16-8-6-14/h2-4,9H,1,5-8H2. The summed E-state index contributed by atoms with van der Waals surface area (Å²) in [7, 11) is 0. The smallest absolute Gasteiger partial charge is 0.345 e. The van der Waals surface area contributed by atoms with Crippen LogP contribution in [0.25, 0.3) is 6.08 Å². The third-order valence-corrected chi connectivity index (χ3v) is 3.29. The van der Waals surface area contributed by atoms with Crippen LogP contribution in [0.1, 0.15) is 28.8 Å². The molecule has 94 valence electrons. The monoisotopic (exact) mass is 246 g/mol. The van der Waals surface area contributed by atoms with E-state index in [9.17, 15) is 4.79 Å². The summed E-state index contributed by atoms with van der Waals surface area (Å²) in [6.45, 7) is 4.78. The van der Waals surface area contributed by atoms with Crippen molar-refractivity contribution in [2.45, 2.75) is 18.6 Å². The summed E-state index contributed by atoms with van der Waals surface area (Å²) in [5.41, 5.74) is 1.33. The molecule has 4 heteroatoms. The first kappa shape index (κ1) is 11.3. The maximum Gasteiger partial charge on any atom is 0.345 e. The van der Waals surface area contributed by atoms with Gasteiger partial charge in [0.25, 0.3) is 5.79 Å². The van der Waals surface area contributed by atoms with Gasteiger partial charge in [-0.15, -0.1) is 0 Å². The molecule has 18 heavy (non-hydrogen) atoms. The Morgan fingerprint density at radius 1 is 1.22 bits per heavy atom. The summed E-state index contributed by atoms with van der Waals surface area (Å²) in [6, 6.07) is 5.40. The normalized spacial score (nSPS) is 20.8. The van der Waals surface area contributed by atoms with E-state index in [1.165, 1.54) is 0 Å². The number of hydrogen-bond donors (Lipinski definition) is 0. The highest BCUT2D eigenvalue weighted by Crippen LogP contribution is 2.37. The Hall–Kier alpha value is -1.81. The summed E-state index contributed by atoms with van der Waals surface area (Å²) in [6.07, 6.45) is 2.83. The average Bonchev–Trinajstić information content (AvgIpc) is 2.39. The SMILES string of the molecule is C=Cc1ccc2c(c1)C(=O)OC1(CCOCC1)O2. The van der Waals surface area contributed by atoms with Gasteiger partial charge in [0.1, 0.15) is 11.3 Å². The zero-order valence-electron chi connectivity index (χ0n) is 9.98. The van der Waals surface area contributed by atoms with Gasteiger partial charge in [-0.1, -0.05) is 18.7 Å². The lowest BCUT2D eigenvalue weighted by Crippen LogP contribution is -2.48. The van der Waals surface area contributed by atoms with Crippen molar-refractivity contribution in [2.24, 2.45) is 0 Å². The summed E-state index contributed by atoms with van der Waals surface area (Å²) >= 11 is 0. The molecular formula is C14H14O4. The Labute approximate surface area is 105 Å². The van der Waals surface area contributed by atoms with Crippen molar-refractivity contribution in [1.29, 1.82) is 0 Å². The van der Waals surface area contributed by atoms with Crippen LogP contribution in [0.5, 0.6) is 5.75 Å². The van der Waals surface area contributed by atoms with Gasteiger partial charge in [0, 0.05) is 12.8 Å².